The largest absolute Gasteiger partial charge is 0.507 e. The predicted molar refractivity (Wildman–Crippen MR) is 113 cm³/mol. The first-order valence-electron chi connectivity index (χ1n) is 9.45. The van der Waals surface area contributed by atoms with Crippen LogP contribution in [0, 0.1) is 24.0 Å². The highest BCUT2D eigenvalue weighted by Gasteiger charge is 2.48. The van der Waals surface area contributed by atoms with E-state index in [0.717, 1.165) is 17.2 Å². The highest BCUT2D eigenvalue weighted by Crippen LogP contribution is 2.42. The minimum Gasteiger partial charge on any atom is -0.507 e. The van der Waals surface area contributed by atoms with Crippen molar-refractivity contribution in [2.75, 3.05) is 4.90 Å². The summed E-state index contributed by atoms with van der Waals surface area (Å²) in [5, 5.41) is 22.1. The Morgan fingerprint density at radius 2 is 1.77 bits per heavy atom. The monoisotopic (exact) mass is 418 g/mol. The van der Waals surface area contributed by atoms with E-state index in [4.69, 9.17) is 4.42 Å². The van der Waals surface area contributed by atoms with Crippen LogP contribution in [0.4, 0.5) is 11.4 Å². The number of aryl methyl sites for hydroxylation is 2. The molecule has 3 aromatic rings. The first kappa shape index (κ1) is 20.1. The second kappa shape index (κ2) is 7.56. The number of nitro benzene ring substituents is 1. The molecule has 0 saturated carbocycles. The Morgan fingerprint density at radius 1 is 1.06 bits per heavy atom. The molecule has 1 fully saturated rings. The zero-order valence-electron chi connectivity index (χ0n) is 16.7. The van der Waals surface area contributed by atoms with Crippen molar-refractivity contribution < 1.29 is 24.0 Å². The number of carbonyl (C=O) groups excluding carboxylic acids is 2. The molecule has 1 saturated heterocycles. The number of ketones is 1. The van der Waals surface area contributed by atoms with E-state index in [1.54, 1.807) is 24.3 Å². The fraction of sp³-hybridized carbons (Fsp3) is 0.130. The molecule has 31 heavy (non-hydrogen) atoms. The van der Waals surface area contributed by atoms with E-state index < -0.39 is 28.4 Å². The maximum absolute atomic E-state index is 13.0. The van der Waals surface area contributed by atoms with E-state index in [2.05, 4.69) is 0 Å². The molecule has 156 valence electrons. The van der Waals surface area contributed by atoms with Gasteiger partial charge in [-0.05, 0) is 49.2 Å². The van der Waals surface area contributed by atoms with E-state index in [1.807, 2.05) is 19.9 Å². The molecule has 8 nitrogen and oxygen atoms in total. The molecule has 0 bridgehead atoms. The minimum atomic E-state index is -1.02. The molecule has 1 unspecified atom stereocenters. The Balaban J connectivity index is 1.94. The fourth-order valence-corrected chi connectivity index (χ4v) is 3.83. The Hall–Kier alpha value is -4.20. The average molecular weight is 418 g/mol. The Labute approximate surface area is 177 Å². The number of aliphatic hydroxyl groups excluding tert-OH is 1. The first-order chi connectivity index (χ1) is 14.8. The summed E-state index contributed by atoms with van der Waals surface area (Å²) in [4.78, 5) is 37.9. The van der Waals surface area contributed by atoms with E-state index in [0.29, 0.717) is 5.69 Å². The number of benzene rings is 2. The molecule has 8 heteroatoms. The summed E-state index contributed by atoms with van der Waals surface area (Å²) >= 11 is 0. The van der Waals surface area contributed by atoms with Crippen molar-refractivity contribution in [2.24, 2.45) is 0 Å². The van der Waals surface area contributed by atoms with Gasteiger partial charge in [-0.2, -0.15) is 0 Å². The number of non-ortho nitro benzene ring substituents is 1. The van der Waals surface area contributed by atoms with Crippen LogP contribution in [0.15, 0.2) is 70.9 Å². The van der Waals surface area contributed by atoms with Crippen LogP contribution in [0.25, 0.3) is 5.76 Å². The van der Waals surface area contributed by atoms with Gasteiger partial charge in [-0.15, -0.1) is 0 Å². The lowest BCUT2D eigenvalue weighted by atomic mass is 9.98. The zero-order chi connectivity index (χ0) is 22.3. The molecule has 4 rings (SSSR count). The molecule has 1 aromatic heterocycles. The predicted octanol–water partition coefficient (Wildman–Crippen LogP) is 4.43. The van der Waals surface area contributed by atoms with Crippen molar-refractivity contribution in [3.63, 3.8) is 0 Å². The van der Waals surface area contributed by atoms with Crippen molar-refractivity contribution in [2.45, 2.75) is 19.9 Å². The van der Waals surface area contributed by atoms with Gasteiger partial charge >= 0.3 is 0 Å². The number of Topliss-reactive ketones (excluding diaryl/α,β-unsaturated/α-hetero) is 1. The number of carbonyl (C=O) groups is 2. The number of nitrogens with zero attached hydrogens (tertiary/aromatic N) is 2. The summed E-state index contributed by atoms with van der Waals surface area (Å²) in [6.45, 7) is 3.75. The summed E-state index contributed by atoms with van der Waals surface area (Å²) in [6.07, 6.45) is 1.41. The lowest BCUT2D eigenvalue weighted by Crippen LogP contribution is -2.29. The molecule has 0 radical (unpaired) electrons. The normalized spacial score (nSPS) is 17.9. The standard InChI is InChI=1S/C23H18N2O6/c1-13-9-14(2)11-17(10-13)24-20(18-7-4-8-31-18)19(22(27)23(24)28)21(26)15-5-3-6-16(12-15)25(29)30/h3-12,20,26H,1-2H3/b21-19-. The SMILES string of the molecule is Cc1cc(C)cc(N2C(=O)C(=O)/C(=C(\O)c3cccc([N+](=O)[O-])c3)C2c2ccco2)c1. The van der Waals surface area contributed by atoms with E-state index in [1.165, 1.54) is 29.4 Å². The van der Waals surface area contributed by atoms with Gasteiger partial charge in [-0.3, -0.25) is 24.6 Å². The van der Waals surface area contributed by atoms with Crippen LogP contribution in [0.5, 0.6) is 0 Å². The van der Waals surface area contributed by atoms with Gasteiger partial charge in [0.1, 0.15) is 17.6 Å². The molecule has 2 heterocycles. The molecule has 1 atom stereocenters. The smallest absolute Gasteiger partial charge is 0.300 e. The Morgan fingerprint density at radius 3 is 2.39 bits per heavy atom. The van der Waals surface area contributed by atoms with Crippen LogP contribution in [-0.4, -0.2) is 21.7 Å². The van der Waals surface area contributed by atoms with Crippen LogP contribution in [-0.2, 0) is 9.59 Å². The Kier molecular flexibility index (Phi) is 4.90. The maximum atomic E-state index is 13.0. The van der Waals surface area contributed by atoms with Gasteiger partial charge in [0.05, 0.1) is 16.8 Å². The first-order valence-corrected chi connectivity index (χ1v) is 9.45. The Bertz CT molecular complexity index is 1220. The van der Waals surface area contributed by atoms with Crippen LogP contribution < -0.4 is 4.90 Å². The number of rotatable bonds is 4. The van der Waals surface area contributed by atoms with Crippen LogP contribution in [0.3, 0.4) is 0 Å². The molecule has 1 aliphatic heterocycles. The minimum absolute atomic E-state index is 0.0594. The molecular formula is C23H18N2O6. The van der Waals surface area contributed by atoms with Crippen molar-refractivity contribution >= 4 is 28.8 Å². The third-order valence-corrected chi connectivity index (χ3v) is 5.07. The number of aliphatic hydroxyl groups is 1. The molecule has 0 aliphatic carbocycles. The van der Waals surface area contributed by atoms with Crippen LogP contribution in [0.1, 0.15) is 28.5 Å². The second-order valence-electron chi connectivity index (χ2n) is 7.34. The summed E-state index contributed by atoms with van der Waals surface area (Å²) in [5.41, 5.74) is 1.90. The number of amides is 1. The third-order valence-electron chi connectivity index (χ3n) is 5.07. The van der Waals surface area contributed by atoms with Gasteiger partial charge in [0.25, 0.3) is 17.4 Å². The number of furan rings is 1. The number of nitro groups is 1. The van der Waals surface area contributed by atoms with Crippen molar-refractivity contribution in [3.8, 4) is 0 Å². The summed E-state index contributed by atoms with van der Waals surface area (Å²) in [6, 6.07) is 12.9. The molecule has 0 spiro atoms. The van der Waals surface area contributed by atoms with Gasteiger partial charge in [0.2, 0.25) is 0 Å². The van der Waals surface area contributed by atoms with Crippen LogP contribution in [0.2, 0.25) is 0 Å². The molecule has 1 N–H and O–H groups in total. The highest BCUT2D eigenvalue weighted by molar-refractivity contribution is 6.51. The van der Waals surface area contributed by atoms with Gasteiger partial charge in [0.15, 0.2) is 0 Å². The fourth-order valence-electron chi connectivity index (χ4n) is 3.83. The lowest BCUT2D eigenvalue weighted by molar-refractivity contribution is -0.384. The zero-order valence-corrected chi connectivity index (χ0v) is 16.7. The van der Waals surface area contributed by atoms with Crippen molar-refractivity contribution in [1.29, 1.82) is 0 Å². The van der Waals surface area contributed by atoms with Gasteiger partial charge in [-0.25, -0.2) is 0 Å². The quantitative estimate of drug-likeness (QED) is 0.220. The van der Waals surface area contributed by atoms with E-state index in [9.17, 15) is 24.8 Å². The van der Waals surface area contributed by atoms with E-state index >= 15 is 0 Å². The molecular weight excluding hydrogens is 400 g/mol. The summed E-state index contributed by atoms with van der Waals surface area (Å²) < 4.78 is 5.50. The number of hydrogen-bond acceptors (Lipinski definition) is 6. The molecule has 1 amide bonds. The van der Waals surface area contributed by atoms with E-state index in [-0.39, 0.29) is 22.6 Å². The topological polar surface area (TPSA) is 114 Å². The van der Waals surface area contributed by atoms with Crippen molar-refractivity contribution in [1.82, 2.24) is 0 Å². The van der Waals surface area contributed by atoms with Gasteiger partial charge in [-0.1, -0.05) is 18.2 Å². The van der Waals surface area contributed by atoms with Crippen molar-refractivity contribution in [3.05, 3.63) is 99.0 Å². The summed E-state index contributed by atoms with van der Waals surface area (Å²) in [5.74, 6) is -1.94. The maximum Gasteiger partial charge on any atom is 0.300 e. The second-order valence-corrected chi connectivity index (χ2v) is 7.34. The molecule has 2 aromatic carbocycles. The lowest BCUT2D eigenvalue weighted by Gasteiger charge is -2.24. The number of anilines is 1. The van der Waals surface area contributed by atoms with Gasteiger partial charge < -0.3 is 9.52 Å². The van der Waals surface area contributed by atoms with Crippen LogP contribution >= 0.6 is 0 Å². The average Bonchev–Trinajstić information content (AvgIpc) is 3.34. The summed E-state index contributed by atoms with van der Waals surface area (Å²) in [7, 11) is 0. The third kappa shape index (κ3) is 3.48. The highest BCUT2D eigenvalue weighted by atomic mass is 16.6. The van der Waals surface area contributed by atoms with Gasteiger partial charge in [0, 0.05) is 23.4 Å². The molecule has 1 aliphatic rings. The number of hydrogen-bond donors (Lipinski definition) is 1.